The van der Waals surface area contributed by atoms with Crippen LogP contribution in [-0.4, -0.2) is 55.1 Å². The van der Waals surface area contributed by atoms with Crippen molar-refractivity contribution in [3.63, 3.8) is 0 Å². The van der Waals surface area contributed by atoms with E-state index in [1.807, 2.05) is 0 Å². The van der Waals surface area contributed by atoms with Gasteiger partial charge in [-0.25, -0.2) is 12.7 Å². The van der Waals surface area contributed by atoms with E-state index in [4.69, 9.17) is 0 Å². The summed E-state index contributed by atoms with van der Waals surface area (Å²) in [5.74, 6) is 0.0574. The molecule has 1 unspecified atom stereocenters. The summed E-state index contributed by atoms with van der Waals surface area (Å²) in [6.07, 6.45) is 5.64. The van der Waals surface area contributed by atoms with E-state index >= 15 is 0 Å². The summed E-state index contributed by atoms with van der Waals surface area (Å²) in [5, 5.41) is 0.0353. The number of thioether (sulfide) groups is 1. The fraction of sp³-hybridized carbons (Fsp3) is 0.923. The predicted octanol–water partition coefficient (Wildman–Crippen LogP) is 1.63. The van der Waals surface area contributed by atoms with Crippen molar-refractivity contribution < 1.29 is 17.9 Å². The zero-order valence-corrected chi connectivity index (χ0v) is 13.5. The average Bonchev–Trinajstić information content (AvgIpc) is 2.95. The predicted molar refractivity (Wildman–Crippen MR) is 80.2 cm³/mol. The number of hydrogen-bond acceptors (Lipinski definition) is 5. The van der Waals surface area contributed by atoms with Crippen molar-refractivity contribution in [3.8, 4) is 0 Å². The summed E-state index contributed by atoms with van der Waals surface area (Å²) in [6, 6.07) is 0. The molecule has 0 aromatic heterocycles. The van der Waals surface area contributed by atoms with Crippen LogP contribution in [0.15, 0.2) is 0 Å². The van der Waals surface area contributed by atoms with Gasteiger partial charge in [-0.2, -0.15) is 0 Å². The zero-order valence-electron chi connectivity index (χ0n) is 11.9. The van der Waals surface area contributed by atoms with Gasteiger partial charge in [0.25, 0.3) is 0 Å². The van der Waals surface area contributed by atoms with Crippen LogP contribution in [0.25, 0.3) is 0 Å². The highest BCUT2D eigenvalue weighted by molar-refractivity contribution is 8.00. The second-order valence-electron chi connectivity index (χ2n) is 5.46. The molecule has 2 aliphatic rings. The third-order valence-electron chi connectivity index (χ3n) is 4.11. The van der Waals surface area contributed by atoms with E-state index in [1.54, 1.807) is 4.31 Å². The Balaban J connectivity index is 1.86. The van der Waals surface area contributed by atoms with Crippen molar-refractivity contribution >= 4 is 27.8 Å². The first-order chi connectivity index (χ1) is 9.54. The fourth-order valence-corrected chi connectivity index (χ4v) is 6.12. The summed E-state index contributed by atoms with van der Waals surface area (Å²) in [7, 11) is -1.76. The summed E-state index contributed by atoms with van der Waals surface area (Å²) in [5.41, 5.74) is 0. The van der Waals surface area contributed by atoms with E-state index in [-0.39, 0.29) is 16.5 Å². The Labute approximate surface area is 125 Å². The first-order valence-electron chi connectivity index (χ1n) is 7.21. The Morgan fingerprint density at radius 2 is 1.95 bits per heavy atom. The van der Waals surface area contributed by atoms with E-state index in [2.05, 4.69) is 4.74 Å². The molecular formula is C13H23NO4S2. The Bertz CT molecular complexity index is 432. The summed E-state index contributed by atoms with van der Waals surface area (Å²) < 4.78 is 31.4. The van der Waals surface area contributed by atoms with Crippen molar-refractivity contribution in [2.75, 3.05) is 26.0 Å². The third kappa shape index (κ3) is 3.89. The van der Waals surface area contributed by atoms with Gasteiger partial charge >= 0.3 is 5.97 Å². The van der Waals surface area contributed by atoms with Gasteiger partial charge in [-0.05, 0) is 19.3 Å². The minimum Gasteiger partial charge on any atom is -0.468 e. The molecule has 1 heterocycles. The van der Waals surface area contributed by atoms with Crippen LogP contribution in [-0.2, 0) is 19.6 Å². The summed E-state index contributed by atoms with van der Waals surface area (Å²) >= 11 is 1.50. The molecule has 7 heteroatoms. The van der Waals surface area contributed by atoms with Gasteiger partial charge in [0.1, 0.15) is 0 Å². The molecular weight excluding hydrogens is 298 g/mol. The first kappa shape index (κ1) is 16.1. The van der Waals surface area contributed by atoms with Crippen molar-refractivity contribution in [3.05, 3.63) is 0 Å². The summed E-state index contributed by atoms with van der Waals surface area (Å²) in [4.78, 5) is 11.1. The highest BCUT2D eigenvalue weighted by Gasteiger charge is 2.37. The molecule has 0 radical (unpaired) electrons. The Morgan fingerprint density at radius 3 is 2.60 bits per heavy atom. The lowest BCUT2D eigenvalue weighted by molar-refractivity contribution is -0.137. The van der Waals surface area contributed by atoms with E-state index in [9.17, 15) is 13.2 Å². The molecule has 1 atom stereocenters. The van der Waals surface area contributed by atoms with Crippen molar-refractivity contribution in [2.45, 2.75) is 49.0 Å². The van der Waals surface area contributed by atoms with Gasteiger partial charge in [0.2, 0.25) is 10.0 Å². The second kappa shape index (κ2) is 7.13. The lowest BCUT2D eigenvalue weighted by Gasteiger charge is -2.26. The quantitative estimate of drug-likeness (QED) is 0.720. The minimum absolute atomic E-state index is 0.180. The van der Waals surface area contributed by atoms with Crippen LogP contribution >= 0.6 is 11.8 Å². The molecule has 0 spiro atoms. The number of nitrogens with zero attached hydrogens (tertiary/aromatic N) is 1. The molecule has 0 N–H and O–H groups in total. The topological polar surface area (TPSA) is 63.7 Å². The van der Waals surface area contributed by atoms with Crippen LogP contribution in [0.1, 0.15) is 38.5 Å². The van der Waals surface area contributed by atoms with Crippen molar-refractivity contribution in [1.82, 2.24) is 4.31 Å². The zero-order chi connectivity index (χ0) is 14.6. The normalized spacial score (nSPS) is 25.8. The molecule has 20 heavy (non-hydrogen) atoms. The number of rotatable bonds is 5. The maximum absolute atomic E-state index is 12.6. The molecule has 0 amide bonds. The molecule has 1 aliphatic carbocycles. The summed E-state index contributed by atoms with van der Waals surface area (Å²) in [6.45, 7) is 1.14. The first-order valence-corrected chi connectivity index (χ1v) is 9.76. The molecule has 2 rings (SSSR count). The minimum atomic E-state index is -3.13. The van der Waals surface area contributed by atoms with Crippen LogP contribution in [0.2, 0.25) is 0 Å². The standard InChI is InChI=1S/C13H23NO4S2/c1-18-13(15)10-19-11-7-8-14(9-11)20(16,17)12-5-3-2-4-6-12/h11-12H,2-10H2,1H3. The number of hydrogen-bond donors (Lipinski definition) is 0. The van der Waals surface area contributed by atoms with Crippen LogP contribution in [0.3, 0.4) is 0 Å². The third-order valence-corrected chi connectivity index (χ3v) is 7.73. The highest BCUT2D eigenvalue weighted by Crippen LogP contribution is 2.31. The molecule has 1 aliphatic heterocycles. The number of carbonyl (C=O) groups is 1. The van der Waals surface area contributed by atoms with E-state index in [0.717, 1.165) is 38.5 Å². The van der Waals surface area contributed by atoms with E-state index in [0.29, 0.717) is 18.8 Å². The van der Waals surface area contributed by atoms with Crippen LogP contribution in [0.5, 0.6) is 0 Å². The van der Waals surface area contributed by atoms with E-state index in [1.165, 1.54) is 18.9 Å². The lowest BCUT2D eigenvalue weighted by atomic mass is 10.0. The van der Waals surface area contributed by atoms with Gasteiger partial charge in [-0.3, -0.25) is 4.79 Å². The smallest absolute Gasteiger partial charge is 0.315 e. The van der Waals surface area contributed by atoms with Crippen LogP contribution in [0.4, 0.5) is 0 Å². The lowest BCUT2D eigenvalue weighted by Crippen LogP contribution is -2.38. The number of ether oxygens (including phenoxy) is 1. The maximum Gasteiger partial charge on any atom is 0.315 e. The monoisotopic (exact) mass is 321 g/mol. The fourth-order valence-electron chi connectivity index (χ4n) is 2.88. The largest absolute Gasteiger partial charge is 0.468 e. The SMILES string of the molecule is COC(=O)CSC1CCN(S(=O)(=O)C2CCCCC2)C1. The molecule has 0 bridgehead atoms. The van der Waals surface area contributed by atoms with Gasteiger partial charge in [0, 0.05) is 18.3 Å². The van der Waals surface area contributed by atoms with Crippen molar-refractivity contribution in [1.29, 1.82) is 0 Å². The average molecular weight is 321 g/mol. The van der Waals surface area contributed by atoms with E-state index < -0.39 is 10.0 Å². The molecule has 5 nitrogen and oxygen atoms in total. The van der Waals surface area contributed by atoms with Gasteiger partial charge in [0.15, 0.2) is 0 Å². The number of methoxy groups -OCH3 is 1. The Morgan fingerprint density at radius 1 is 1.25 bits per heavy atom. The highest BCUT2D eigenvalue weighted by atomic mass is 32.2. The molecule has 2 fully saturated rings. The number of sulfonamides is 1. The molecule has 1 saturated heterocycles. The Hall–Kier alpha value is -0.270. The molecule has 0 aromatic carbocycles. The number of carbonyl (C=O) groups excluding carboxylic acids is 1. The van der Waals surface area contributed by atoms with Crippen LogP contribution in [0, 0.1) is 0 Å². The second-order valence-corrected chi connectivity index (χ2v) is 8.96. The molecule has 1 saturated carbocycles. The van der Waals surface area contributed by atoms with Crippen LogP contribution < -0.4 is 0 Å². The van der Waals surface area contributed by atoms with Gasteiger partial charge in [-0.1, -0.05) is 19.3 Å². The maximum atomic E-state index is 12.6. The van der Waals surface area contributed by atoms with Gasteiger partial charge < -0.3 is 4.74 Å². The van der Waals surface area contributed by atoms with Gasteiger partial charge in [0.05, 0.1) is 18.1 Å². The Kier molecular flexibility index (Phi) is 5.74. The molecule has 0 aromatic rings. The molecule has 116 valence electrons. The van der Waals surface area contributed by atoms with Crippen molar-refractivity contribution in [2.24, 2.45) is 0 Å². The number of esters is 1. The van der Waals surface area contributed by atoms with Gasteiger partial charge in [-0.15, -0.1) is 11.8 Å².